The molecule has 1 unspecified atom stereocenters. The minimum atomic E-state index is -0.322. The lowest BCUT2D eigenvalue weighted by Gasteiger charge is -2.20. The molecule has 0 aliphatic rings. The average Bonchev–Trinajstić information content (AvgIpc) is 2.46. The molecule has 0 saturated heterocycles. The van der Waals surface area contributed by atoms with Crippen LogP contribution in [0.3, 0.4) is 0 Å². The number of nitrogens with one attached hydrogen (secondary N) is 1. The predicted octanol–water partition coefficient (Wildman–Crippen LogP) is 4.10. The summed E-state index contributed by atoms with van der Waals surface area (Å²) in [7, 11) is 1.65. The lowest BCUT2D eigenvalue weighted by atomic mass is 10.1. The number of methoxy groups -OCH3 is 1. The fourth-order valence-electron chi connectivity index (χ4n) is 2.10. The summed E-state index contributed by atoms with van der Waals surface area (Å²) in [5, 5.41) is 3.41. The van der Waals surface area contributed by atoms with Gasteiger partial charge in [-0.2, -0.15) is 0 Å². The Balaban J connectivity index is 2.26. The van der Waals surface area contributed by atoms with E-state index in [4.69, 9.17) is 4.74 Å². The number of aryl methyl sites for hydroxylation is 1. The van der Waals surface area contributed by atoms with E-state index in [0.717, 1.165) is 29.1 Å². The summed E-state index contributed by atoms with van der Waals surface area (Å²) in [6.07, 6.45) is 2.09. The molecule has 0 spiro atoms. The number of benzene rings is 1. The van der Waals surface area contributed by atoms with Crippen molar-refractivity contribution in [1.29, 1.82) is 0 Å². The molecule has 2 rings (SSSR count). The van der Waals surface area contributed by atoms with Crippen LogP contribution in [-0.4, -0.2) is 12.1 Å². The quantitative estimate of drug-likeness (QED) is 0.891. The fraction of sp³-hybridized carbons (Fsp3) is 0.312. The monoisotopic (exact) mass is 274 g/mol. The molecule has 4 heteroatoms. The van der Waals surface area contributed by atoms with Crippen LogP contribution in [-0.2, 0) is 0 Å². The Labute approximate surface area is 118 Å². The van der Waals surface area contributed by atoms with Crippen molar-refractivity contribution < 1.29 is 9.13 Å². The first-order valence-corrected chi connectivity index (χ1v) is 6.66. The molecule has 1 aromatic carbocycles. The van der Waals surface area contributed by atoms with Crippen LogP contribution in [0.4, 0.5) is 10.1 Å². The van der Waals surface area contributed by atoms with Crippen molar-refractivity contribution in [2.45, 2.75) is 26.3 Å². The van der Waals surface area contributed by atoms with E-state index in [1.807, 2.05) is 25.1 Å². The maximum Gasteiger partial charge on any atom is 0.141 e. The number of halogens is 1. The molecular weight excluding hydrogens is 255 g/mol. The molecule has 106 valence electrons. The number of hydrogen-bond donors (Lipinski definition) is 1. The highest BCUT2D eigenvalue weighted by molar-refractivity contribution is 5.58. The van der Waals surface area contributed by atoms with Crippen molar-refractivity contribution in [3.8, 4) is 5.75 Å². The van der Waals surface area contributed by atoms with Crippen molar-refractivity contribution in [1.82, 2.24) is 4.98 Å². The number of ether oxygens (including phenoxy) is 1. The smallest absolute Gasteiger partial charge is 0.141 e. The zero-order valence-corrected chi connectivity index (χ0v) is 12.0. The van der Waals surface area contributed by atoms with Crippen LogP contribution in [0.15, 0.2) is 36.5 Å². The zero-order chi connectivity index (χ0) is 14.5. The lowest BCUT2D eigenvalue weighted by molar-refractivity contribution is 0.415. The highest BCUT2D eigenvalue weighted by Gasteiger charge is 2.13. The Bertz CT molecular complexity index is 569. The van der Waals surface area contributed by atoms with Gasteiger partial charge < -0.3 is 10.1 Å². The van der Waals surface area contributed by atoms with Crippen molar-refractivity contribution in [2.75, 3.05) is 12.4 Å². The Kier molecular flexibility index (Phi) is 4.56. The van der Waals surface area contributed by atoms with Gasteiger partial charge in [0.25, 0.3) is 0 Å². The van der Waals surface area contributed by atoms with E-state index in [2.05, 4.69) is 17.2 Å². The molecule has 20 heavy (non-hydrogen) atoms. The Morgan fingerprint density at radius 2 is 2.10 bits per heavy atom. The first kappa shape index (κ1) is 14.3. The molecule has 1 atom stereocenters. The summed E-state index contributed by atoms with van der Waals surface area (Å²) in [5.74, 6) is 0.466. The van der Waals surface area contributed by atoms with E-state index < -0.39 is 0 Å². The van der Waals surface area contributed by atoms with Gasteiger partial charge in [0, 0.05) is 0 Å². The minimum Gasteiger partial charge on any atom is -0.495 e. The average molecular weight is 274 g/mol. The summed E-state index contributed by atoms with van der Waals surface area (Å²) >= 11 is 0. The van der Waals surface area contributed by atoms with Gasteiger partial charge in [-0.15, -0.1) is 0 Å². The molecule has 1 heterocycles. The number of anilines is 1. The molecular formula is C16H19FN2O. The van der Waals surface area contributed by atoms with E-state index in [0.29, 0.717) is 0 Å². The fourth-order valence-corrected chi connectivity index (χ4v) is 2.10. The molecule has 0 aliphatic heterocycles. The van der Waals surface area contributed by atoms with Crippen molar-refractivity contribution in [3.05, 3.63) is 53.6 Å². The van der Waals surface area contributed by atoms with Crippen molar-refractivity contribution >= 4 is 5.69 Å². The SMILES string of the molecule is CCC(Nc1cc(C)ccc1OC)c1ccc(F)cn1. The molecule has 1 aromatic heterocycles. The Hall–Kier alpha value is -2.10. The topological polar surface area (TPSA) is 34.1 Å². The standard InChI is InChI=1S/C16H19FN2O/c1-4-13(14-7-6-12(17)10-18-14)19-15-9-11(2)5-8-16(15)20-3/h5-10,13,19H,4H2,1-3H3. The van der Waals surface area contributed by atoms with Gasteiger partial charge in [0.2, 0.25) is 0 Å². The number of aromatic nitrogens is 1. The lowest BCUT2D eigenvalue weighted by Crippen LogP contribution is -2.12. The van der Waals surface area contributed by atoms with Crippen LogP contribution in [0.2, 0.25) is 0 Å². The van der Waals surface area contributed by atoms with Gasteiger partial charge in [0.1, 0.15) is 11.6 Å². The van der Waals surface area contributed by atoms with Gasteiger partial charge in [0.05, 0.1) is 30.7 Å². The maximum absolute atomic E-state index is 12.9. The van der Waals surface area contributed by atoms with E-state index in [1.165, 1.54) is 12.3 Å². The molecule has 3 nitrogen and oxygen atoms in total. The van der Waals surface area contributed by atoms with Gasteiger partial charge in [-0.25, -0.2) is 4.39 Å². The summed E-state index contributed by atoms with van der Waals surface area (Å²) in [5.41, 5.74) is 2.89. The van der Waals surface area contributed by atoms with Gasteiger partial charge in [0.15, 0.2) is 0 Å². The van der Waals surface area contributed by atoms with Crippen LogP contribution in [0, 0.1) is 12.7 Å². The van der Waals surface area contributed by atoms with Gasteiger partial charge in [-0.05, 0) is 43.2 Å². The van der Waals surface area contributed by atoms with Gasteiger partial charge in [-0.1, -0.05) is 13.0 Å². The van der Waals surface area contributed by atoms with E-state index in [1.54, 1.807) is 13.2 Å². The molecule has 0 fully saturated rings. The second-order valence-electron chi connectivity index (χ2n) is 4.71. The second-order valence-corrected chi connectivity index (χ2v) is 4.71. The third kappa shape index (κ3) is 3.26. The summed E-state index contributed by atoms with van der Waals surface area (Å²) in [6, 6.07) is 9.12. The van der Waals surface area contributed by atoms with Crippen LogP contribution in [0.5, 0.6) is 5.75 Å². The summed E-state index contributed by atoms with van der Waals surface area (Å²) in [6.45, 7) is 4.09. The molecule has 0 saturated carbocycles. The van der Waals surface area contributed by atoms with Crippen LogP contribution >= 0.6 is 0 Å². The molecule has 0 radical (unpaired) electrons. The first-order chi connectivity index (χ1) is 9.63. The number of hydrogen-bond acceptors (Lipinski definition) is 3. The van der Waals surface area contributed by atoms with Crippen molar-refractivity contribution in [2.24, 2.45) is 0 Å². The third-order valence-corrected chi connectivity index (χ3v) is 3.20. The Morgan fingerprint density at radius 1 is 1.30 bits per heavy atom. The van der Waals surface area contributed by atoms with E-state index in [9.17, 15) is 4.39 Å². The number of nitrogens with zero attached hydrogens (tertiary/aromatic N) is 1. The maximum atomic E-state index is 12.9. The number of pyridine rings is 1. The molecule has 2 aromatic rings. The number of rotatable bonds is 5. The molecule has 0 amide bonds. The van der Waals surface area contributed by atoms with E-state index in [-0.39, 0.29) is 11.9 Å². The first-order valence-electron chi connectivity index (χ1n) is 6.66. The summed E-state index contributed by atoms with van der Waals surface area (Å²) < 4.78 is 18.3. The second kappa shape index (κ2) is 6.37. The highest BCUT2D eigenvalue weighted by Crippen LogP contribution is 2.30. The van der Waals surface area contributed by atoms with Gasteiger partial charge >= 0.3 is 0 Å². The van der Waals surface area contributed by atoms with Gasteiger partial charge in [-0.3, -0.25) is 4.98 Å². The van der Waals surface area contributed by atoms with E-state index >= 15 is 0 Å². The molecule has 0 aliphatic carbocycles. The predicted molar refractivity (Wildman–Crippen MR) is 78.6 cm³/mol. The largest absolute Gasteiger partial charge is 0.495 e. The van der Waals surface area contributed by atoms with Crippen molar-refractivity contribution in [3.63, 3.8) is 0 Å². The third-order valence-electron chi connectivity index (χ3n) is 3.20. The highest BCUT2D eigenvalue weighted by atomic mass is 19.1. The zero-order valence-electron chi connectivity index (χ0n) is 12.0. The van der Waals surface area contributed by atoms with Crippen LogP contribution in [0.25, 0.3) is 0 Å². The normalized spacial score (nSPS) is 12.0. The Morgan fingerprint density at radius 3 is 2.70 bits per heavy atom. The van der Waals surface area contributed by atoms with Crippen LogP contribution in [0.1, 0.15) is 30.6 Å². The summed E-state index contributed by atoms with van der Waals surface area (Å²) in [4.78, 5) is 4.15. The molecule has 0 bridgehead atoms. The minimum absolute atomic E-state index is 0.0197. The molecule has 1 N–H and O–H groups in total. The van der Waals surface area contributed by atoms with Crippen LogP contribution < -0.4 is 10.1 Å².